The highest BCUT2D eigenvalue weighted by atomic mass is 16.2. The van der Waals surface area contributed by atoms with Crippen LogP contribution in [-0.4, -0.2) is 56.2 Å². The van der Waals surface area contributed by atoms with Gasteiger partial charge in [-0.25, -0.2) is 0 Å². The Hall–Kier alpha value is -2.28. The van der Waals surface area contributed by atoms with Gasteiger partial charge in [0.1, 0.15) is 6.54 Å². The van der Waals surface area contributed by atoms with Crippen LogP contribution in [0.15, 0.2) is 24.3 Å². The molecule has 1 aliphatic rings. The number of rotatable bonds is 6. The smallest absolute Gasteiger partial charge is 0.243 e. The summed E-state index contributed by atoms with van der Waals surface area (Å²) in [6, 6.07) is 7.92. The van der Waals surface area contributed by atoms with Gasteiger partial charge in [0.2, 0.25) is 11.7 Å². The van der Waals surface area contributed by atoms with Gasteiger partial charge in [0, 0.05) is 17.6 Å². The molecule has 0 atom stereocenters. The van der Waals surface area contributed by atoms with Crippen molar-refractivity contribution in [2.24, 2.45) is 0 Å². The third-order valence-electron chi connectivity index (χ3n) is 4.98. The average Bonchev–Trinajstić information content (AvgIpc) is 3.10. The maximum Gasteiger partial charge on any atom is 0.243 e. The van der Waals surface area contributed by atoms with E-state index in [-0.39, 0.29) is 18.0 Å². The molecule has 1 aromatic heterocycles. The largest absolute Gasteiger partial charge is 0.353 e. The van der Waals surface area contributed by atoms with Gasteiger partial charge in [0.05, 0.1) is 0 Å². The number of carbonyl (C=O) groups excluding carboxylic acids is 1. The van der Waals surface area contributed by atoms with E-state index in [9.17, 15) is 4.79 Å². The molecule has 0 aliphatic carbocycles. The Kier molecular flexibility index (Phi) is 5.66. The summed E-state index contributed by atoms with van der Waals surface area (Å²) in [5, 5.41) is 15.4. The van der Waals surface area contributed by atoms with Crippen LogP contribution in [0.3, 0.4) is 0 Å². The SMILES string of the molecule is Cc1ccc(-c2nnn(CC(=O)NCC(C)(C)N3CCCCC3)n2)cc1. The fraction of sp³-hybridized carbons (Fsp3) is 0.579. The lowest BCUT2D eigenvalue weighted by Gasteiger charge is -2.41. The number of nitrogens with one attached hydrogen (secondary N) is 1. The van der Waals surface area contributed by atoms with Crippen molar-refractivity contribution in [3.63, 3.8) is 0 Å². The molecule has 1 aromatic carbocycles. The number of nitrogens with zero attached hydrogens (tertiary/aromatic N) is 5. The first kappa shape index (κ1) is 18.5. The van der Waals surface area contributed by atoms with E-state index in [1.165, 1.54) is 29.6 Å². The third-order valence-corrected chi connectivity index (χ3v) is 4.98. The standard InChI is InChI=1S/C19H28N6O/c1-15-7-9-16(10-8-15)18-21-23-25(22-18)13-17(26)20-14-19(2,3)24-11-5-4-6-12-24/h7-10H,4-6,11-14H2,1-3H3,(H,20,26). The number of carbonyl (C=O) groups is 1. The van der Waals surface area contributed by atoms with Crippen molar-refractivity contribution in [2.45, 2.75) is 52.1 Å². The van der Waals surface area contributed by atoms with Crippen molar-refractivity contribution < 1.29 is 4.79 Å². The number of benzene rings is 1. The van der Waals surface area contributed by atoms with Crippen LogP contribution in [0.4, 0.5) is 0 Å². The zero-order chi connectivity index (χ0) is 18.6. The van der Waals surface area contributed by atoms with Gasteiger partial charge in [0.25, 0.3) is 0 Å². The number of hydrogen-bond donors (Lipinski definition) is 1. The zero-order valence-electron chi connectivity index (χ0n) is 15.9. The fourth-order valence-electron chi connectivity index (χ4n) is 3.24. The minimum atomic E-state index is -0.0945. The van der Waals surface area contributed by atoms with Crippen LogP contribution in [-0.2, 0) is 11.3 Å². The zero-order valence-corrected chi connectivity index (χ0v) is 15.9. The molecular formula is C19H28N6O. The molecule has 0 bridgehead atoms. The van der Waals surface area contributed by atoms with Crippen LogP contribution in [0.5, 0.6) is 0 Å². The van der Waals surface area contributed by atoms with Gasteiger partial charge in [-0.05, 0) is 51.9 Å². The number of amides is 1. The number of aromatic nitrogens is 4. The highest BCUT2D eigenvalue weighted by molar-refractivity contribution is 5.75. The highest BCUT2D eigenvalue weighted by Gasteiger charge is 2.28. The molecule has 1 amide bonds. The van der Waals surface area contributed by atoms with Crippen LogP contribution >= 0.6 is 0 Å². The summed E-state index contributed by atoms with van der Waals surface area (Å²) in [5.41, 5.74) is 2.03. The number of likely N-dealkylation sites (tertiary alicyclic amines) is 1. The quantitative estimate of drug-likeness (QED) is 0.857. The molecular weight excluding hydrogens is 328 g/mol. The molecule has 140 valence electrons. The van der Waals surface area contributed by atoms with Gasteiger partial charge in [-0.3, -0.25) is 9.69 Å². The summed E-state index contributed by atoms with van der Waals surface area (Å²) < 4.78 is 0. The van der Waals surface area contributed by atoms with E-state index in [2.05, 4.69) is 39.5 Å². The lowest BCUT2D eigenvalue weighted by atomic mass is 9.98. The first-order valence-electron chi connectivity index (χ1n) is 9.31. The van der Waals surface area contributed by atoms with Crippen LogP contribution < -0.4 is 5.32 Å². The number of hydrogen-bond acceptors (Lipinski definition) is 5. The molecule has 7 heteroatoms. The molecule has 1 aliphatic heterocycles. The predicted octanol–water partition coefficient (Wildman–Crippen LogP) is 2.03. The van der Waals surface area contributed by atoms with E-state index in [0.29, 0.717) is 12.4 Å². The molecule has 2 heterocycles. The Morgan fingerprint density at radius 2 is 1.85 bits per heavy atom. The van der Waals surface area contributed by atoms with Gasteiger partial charge in [-0.1, -0.05) is 36.2 Å². The molecule has 1 N–H and O–H groups in total. The lowest BCUT2D eigenvalue weighted by molar-refractivity contribution is -0.122. The topological polar surface area (TPSA) is 75.9 Å². The Morgan fingerprint density at radius 3 is 2.54 bits per heavy atom. The fourth-order valence-corrected chi connectivity index (χ4v) is 3.24. The van der Waals surface area contributed by atoms with Crippen molar-refractivity contribution in [3.05, 3.63) is 29.8 Å². The highest BCUT2D eigenvalue weighted by Crippen LogP contribution is 2.19. The van der Waals surface area contributed by atoms with Crippen LogP contribution in [0.25, 0.3) is 11.4 Å². The number of aryl methyl sites for hydroxylation is 1. The van der Waals surface area contributed by atoms with Gasteiger partial charge in [-0.15, -0.1) is 10.2 Å². The first-order valence-corrected chi connectivity index (χ1v) is 9.31. The average molecular weight is 356 g/mol. The summed E-state index contributed by atoms with van der Waals surface area (Å²) in [5.74, 6) is 0.439. The van der Waals surface area contributed by atoms with Gasteiger partial charge in [-0.2, -0.15) is 4.80 Å². The Labute approximate surface area is 154 Å². The van der Waals surface area contributed by atoms with E-state index in [1.807, 2.05) is 31.2 Å². The minimum absolute atomic E-state index is 0.0427. The molecule has 1 saturated heterocycles. The second-order valence-corrected chi connectivity index (χ2v) is 7.65. The molecule has 0 unspecified atom stereocenters. The van der Waals surface area contributed by atoms with Gasteiger partial charge >= 0.3 is 0 Å². The molecule has 0 saturated carbocycles. The molecule has 1 fully saturated rings. The summed E-state index contributed by atoms with van der Waals surface area (Å²) in [6.45, 7) is 9.30. The summed E-state index contributed by atoms with van der Waals surface area (Å²) in [7, 11) is 0. The van der Waals surface area contributed by atoms with Crippen LogP contribution in [0, 0.1) is 6.92 Å². The Bertz CT molecular complexity index is 731. The van der Waals surface area contributed by atoms with Crippen LogP contribution in [0.2, 0.25) is 0 Å². The van der Waals surface area contributed by atoms with E-state index >= 15 is 0 Å². The lowest BCUT2D eigenvalue weighted by Crippen LogP contribution is -2.53. The van der Waals surface area contributed by atoms with Crippen molar-refractivity contribution in [1.29, 1.82) is 0 Å². The predicted molar refractivity (Wildman–Crippen MR) is 101 cm³/mol. The number of piperidine rings is 1. The van der Waals surface area contributed by atoms with Crippen molar-refractivity contribution in [3.8, 4) is 11.4 Å². The summed E-state index contributed by atoms with van der Waals surface area (Å²) in [4.78, 5) is 16.1. The summed E-state index contributed by atoms with van der Waals surface area (Å²) >= 11 is 0. The maximum atomic E-state index is 12.3. The summed E-state index contributed by atoms with van der Waals surface area (Å²) in [6.07, 6.45) is 3.78. The molecule has 26 heavy (non-hydrogen) atoms. The van der Waals surface area contributed by atoms with Crippen molar-refractivity contribution in [1.82, 2.24) is 30.4 Å². The van der Waals surface area contributed by atoms with Crippen LogP contribution in [0.1, 0.15) is 38.7 Å². The molecule has 0 spiro atoms. The van der Waals surface area contributed by atoms with Crippen molar-refractivity contribution >= 4 is 5.91 Å². The first-order chi connectivity index (χ1) is 12.4. The minimum Gasteiger partial charge on any atom is -0.353 e. The van der Waals surface area contributed by atoms with Gasteiger partial charge in [0.15, 0.2) is 0 Å². The molecule has 3 rings (SSSR count). The Balaban J connectivity index is 1.52. The molecule has 7 nitrogen and oxygen atoms in total. The second-order valence-electron chi connectivity index (χ2n) is 7.65. The molecule has 2 aromatic rings. The van der Waals surface area contributed by atoms with Crippen molar-refractivity contribution in [2.75, 3.05) is 19.6 Å². The Morgan fingerprint density at radius 1 is 1.15 bits per heavy atom. The van der Waals surface area contributed by atoms with E-state index in [4.69, 9.17) is 0 Å². The third kappa shape index (κ3) is 4.66. The van der Waals surface area contributed by atoms with E-state index < -0.39 is 0 Å². The second kappa shape index (κ2) is 7.95. The van der Waals surface area contributed by atoms with Gasteiger partial charge < -0.3 is 5.32 Å². The number of tetrazole rings is 1. The maximum absolute atomic E-state index is 12.3. The van der Waals surface area contributed by atoms with E-state index in [1.54, 1.807) is 0 Å². The van der Waals surface area contributed by atoms with E-state index in [0.717, 1.165) is 18.7 Å². The molecule has 0 radical (unpaired) electrons. The normalized spacial score (nSPS) is 15.8. The monoisotopic (exact) mass is 356 g/mol.